The Morgan fingerprint density at radius 1 is 1.00 bits per heavy atom. The van der Waals surface area contributed by atoms with E-state index in [1.807, 2.05) is 19.1 Å². The molecule has 0 radical (unpaired) electrons. The Bertz CT molecular complexity index is 1140. The number of amides is 2. The number of ether oxygens (including phenoxy) is 1. The first kappa shape index (κ1) is 26.3. The van der Waals surface area contributed by atoms with E-state index in [-0.39, 0.29) is 11.9 Å². The monoisotopic (exact) mass is 525 g/mol. The summed E-state index contributed by atoms with van der Waals surface area (Å²) < 4.78 is 5.66. The largest absolute Gasteiger partial charge is 0.494 e. The van der Waals surface area contributed by atoms with Gasteiger partial charge in [-0.15, -0.1) is 0 Å². The fraction of sp³-hybridized carbons (Fsp3) is 0.345. The molecule has 1 fully saturated rings. The van der Waals surface area contributed by atoms with Crippen LogP contribution in [0.25, 0.3) is 11.1 Å². The number of halogens is 2. The van der Waals surface area contributed by atoms with Crippen molar-refractivity contribution in [3.63, 3.8) is 0 Å². The molecular formula is C29H33Cl2N3O2. The summed E-state index contributed by atoms with van der Waals surface area (Å²) in [6, 6.07) is 21.6. The molecule has 0 spiro atoms. The van der Waals surface area contributed by atoms with Crippen LogP contribution >= 0.6 is 23.2 Å². The first-order chi connectivity index (χ1) is 17.4. The highest BCUT2D eigenvalue weighted by molar-refractivity contribution is 6.35. The maximum Gasteiger partial charge on any atom is 0.319 e. The van der Waals surface area contributed by atoms with Gasteiger partial charge in [0.05, 0.1) is 6.61 Å². The predicted octanol–water partition coefficient (Wildman–Crippen LogP) is 7.31. The van der Waals surface area contributed by atoms with Gasteiger partial charge < -0.3 is 20.3 Å². The molecule has 1 heterocycles. The summed E-state index contributed by atoms with van der Waals surface area (Å²) in [6.45, 7) is 5.32. The zero-order chi connectivity index (χ0) is 25.5. The molecule has 0 aliphatic carbocycles. The Hall–Kier alpha value is -2.73. The molecule has 3 aromatic carbocycles. The molecule has 1 aliphatic rings. The number of benzene rings is 3. The molecule has 0 aromatic heterocycles. The number of carbonyl (C=O) groups excluding carboxylic acids is 1. The summed E-state index contributed by atoms with van der Waals surface area (Å²) in [5.41, 5.74) is 4.08. The molecule has 36 heavy (non-hydrogen) atoms. The molecule has 0 bridgehead atoms. The van der Waals surface area contributed by atoms with E-state index < -0.39 is 0 Å². The van der Waals surface area contributed by atoms with E-state index in [4.69, 9.17) is 27.9 Å². The van der Waals surface area contributed by atoms with Gasteiger partial charge in [-0.25, -0.2) is 4.79 Å². The van der Waals surface area contributed by atoms with E-state index in [2.05, 4.69) is 59.0 Å². The Kier molecular flexibility index (Phi) is 9.13. The maximum absolute atomic E-state index is 12.7. The second-order valence-corrected chi connectivity index (χ2v) is 10.2. The quantitative estimate of drug-likeness (QED) is 0.324. The van der Waals surface area contributed by atoms with E-state index >= 15 is 0 Å². The van der Waals surface area contributed by atoms with Gasteiger partial charge >= 0.3 is 6.03 Å². The van der Waals surface area contributed by atoms with Crippen molar-refractivity contribution >= 4 is 34.9 Å². The highest BCUT2D eigenvalue weighted by Crippen LogP contribution is 2.34. The molecule has 7 heteroatoms. The van der Waals surface area contributed by atoms with Gasteiger partial charge in [0.1, 0.15) is 5.75 Å². The zero-order valence-corrected chi connectivity index (χ0v) is 22.3. The number of anilines is 1. The van der Waals surface area contributed by atoms with Crippen molar-refractivity contribution in [3.8, 4) is 16.9 Å². The van der Waals surface area contributed by atoms with E-state index in [1.54, 1.807) is 18.2 Å². The van der Waals surface area contributed by atoms with E-state index in [0.29, 0.717) is 34.8 Å². The van der Waals surface area contributed by atoms with Crippen LogP contribution < -0.4 is 15.4 Å². The van der Waals surface area contributed by atoms with Crippen molar-refractivity contribution < 1.29 is 9.53 Å². The fourth-order valence-corrected chi connectivity index (χ4v) is 5.37. The van der Waals surface area contributed by atoms with E-state index in [1.165, 1.54) is 5.56 Å². The third kappa shape index (κ3) is 7.16. The molecule has 5 nitrogen and oxygen atoms in total. The van der Waals surface area contributed by atoms with Gasteiger partial charge in [0.15, 0.2) is 0 Å². The lowest BCUT2D eigenvalue weighted by molar-refractivity contribution is 0.195. The Labute approximate surface area is 223 Å². The van der Waals surface area contributed by atoms with Gasteiger partial charge in [0.25, 0.3) is 0 Å². The van der Waals surface area contributed by atoms with Crippen LogP contribution in [0.1, 0.15) is 31.2 Å². The number of urea groups is 1. The SMILES string of the molecule is CCOc1cccc(-c2ccc(C(CNC(=O)Nc3cc(Cl)cc(Cl)c3)C3CCN(C)CC3)cc2)c1. The van der Waals surface area contributed by atoms with E-state index in [9.17, 15) is 4.79 Å². The lowest BCUT2D eigenvalue weighted by Gasteiger charge is -2.35. The van der Waals surface area contributed by atoms with Crippen LogP contribution in [0.5, 0.6) is 5.75 Å². The number of hydrogen-bond donors (Lipinski definition) is 2. The van der Waals surface area contributed by atoms with Gasteiger partial charge in [-0.2, -0.15) is 0 Å². The van der Waals surface area contributed by atoms with Crippen LogP contribution in [0.3, 0.4) is 0 Å². The molecule has 3 aromatic rings. The highest BCUT2D eigenvalue weighted by Gasteiger charge is 2.27. The maximum atomic E-state index is 12.7. The van der Waals surface area contributed by atoms with Gasteiger partial charge in [-0.1, -0.05) is 59.6 Å². The average Bonchev–Trinajstić information content (AvgIpc) is 2.85. The third-order valence-electron chi connectivity index (χ3n) is 6.75. The normalized spacial score (nSPS) is 15.3. The minimum atomic E-state index is -0.268. The first-order valence-corrected chi connectivity index (χ1v) is 13.2. The number of rotatable bonds is 8. The highest BCUT2D eigenvalue weighted by atomic mass is 35.5. The van der Waals surface area contributed by atoms with Crippen molar-refractivity contribution in [1.82, 2.24) is 10.2 Å². The number of likely N-dealkylation sites (tertiary alicyclic amines) is 1. The summed E-state index contributed by atoms with van der Waals surface area (Å²) in [6.07, 6.45) is 2.21. The summed E-state index contributed by atoms with van der Waals surface area (Å²) in [5.74, 6) is 1.59. The van der Waals surface area contributed by atoms with Crippen molar-refractivity contribution in [3.05, 3.63) is 82.3 Å². The molecule has 2 N–H and O–H groups in total. The van der Waals surface area contributed by atoms with Crippen LogP contribution in [-0.4, -0.2) is 44.2 Å². The zero-order valence-electron chi connectivity index (χ0n) is 20.8. The van der Waals surface area contributed by atoms with Crippen LogP contribution in [0.4, 0.5) is 10.5 Å². The standard InChI is InChI=1S/C29H33Cl2N3O2/c1-3-36-27-6-4-5-23(15-27)20-7-9-21(10-8-20)28(22-11-13-34(2)14-12-22)19-32-29(35)33-26-17-24(30)16-25(31)18-26/h4-10,15-18,22,28H,3,11-14,19H2,1-2H3,(H2,32,33,35). The van der Waals surface area contributed by atoms with Crippen LogP contribution in [0.2, 0.25) is 10.0 Å². The smallest absolute Gasteiger partial charge is 0.319 e. The predicted molar refractivity (Wildman–Crippen MR) is 149 cm³/mol. The molecule has 1 aliphatic heterocycles. The lowest BCUT2D eigenvalue weighted by atomic mass is 9.79. The van der Waals surface area contributed by atoms with Crippen LogP contribution in [-0.2, 0) is 0 Å². The van der Waals surface area contributed by atoms with Crippen molar-refractivity contribution in [2.24, 2.45) is 5.92 Å². The molecule has 190 valence electrons. The number of piperidine rings is 1. The molecule has 2 amide bonds. The van der Waals surface area contributed by atoms with Crippen molar-refractivity contribution in [2.45, 2.75) is 25.7 Å². The first-order valence-electron chi connectivity index (χ1n) is 12.4. The molecule has 1 unspecified atom stereocenters. The number of nitrogens with zero attached hydrogens (tertiary/aromatic N) is 1. The molecule has 1 atom stereocenters. The van der Waals surface area contributed by atoms with Gasteiger partial charge in [0, 0.05) is 28.2 Å². The Morgan fingerprint density at radius 2 is 1.69 bits per heavy atom. The fourth-order valence-electron chi connectivity index (χ4n) is 4.85. The van der Waals surface area contributed by atoms with Crippen LogP contribution in [0, 0.1) is 5.92 Å². The molecule has 0 saturated carbocycles. The minimum absolute atomic E-state index is 0.219. The van der Waals surface area contributed by atoms with E-state index in [0.717, 1.165) is 42.8 Å². The summed E-state index contributed by atoms with van der Waals surface area (Å²) in [4.78, 5) is 15.1. The average molecular weight is 527 g/mol. The second-order valence-electron chi connectivity index (χ2n) is 9.32. The van der Waals surface area contributed by atoms with Gasteiger partial charge in [-0.05, 0) is 92.8 Å². The lowest BCUT2D eigenvalue weighted by Crippen LogP contribution is -2.38. The number of hydrogen-bond acceptors (Lipinski definition) is 3. The minimum Gasteiger partial charge on any atom is -0.494 e. The summed E-state index contributed by atoms with van der Waals surface area (Å²) in [5, 5.41) is 6.89. The topological polar surface area (TPSA) is 53.6 Å². The van der Waals surface area contributed by atoms with Gasteiger partial charge in [-0.3, -0.25) is 0 Å². The second kappa shape index (κ2) is 12.5. The molecule has 1 saturated heterocycles. The van der Waals surface area contributed by atoms with Gasteiger partial charge in [0.2, 0.25) is 0 Å². The summed E-state index contributed by atoms with van der Waals surface area (Å²) >= 11 is 12.1. The van der Waals surface area contributed by atoms with Crippen molar-refractivity contribution in [2.75, 3.05) is 38.6 Å². The number of carbonyl (C=O) groups is 1. The van der Waals surface area contributed by atoms with Crippen molar-refractivity contribution in [1.29, 1.82) is 0 Å². The third-order valence-corrected chi connectivity index (χ3v) is 7.19. The molecule has 4 rings (SSSR count). The number of nitrogens with one attached hydrogen (secondary N) is 2. The molecular weight excluding hydrogens is 493 g/mol. The van der Waals surface area contributed by atoms with Crippen LogP contribution in [0.15, 0.2) is 66.7 Å². The Morgan fingerprint density at radius 3 is 2.36 bits per heavy atom. The Balaban J connectivity index is 1.48. The summed E-state index contributed by atoms with van der Waals surface area (Å²) in [7, 11) is 2.16.